The molecule has 0 radical (unpaired) electrons. The van der Waals surface area contributed by atoms with E-state index in [9.17, 15) is 19.2 Å². The normalized spacial score (nSPS) is 20.5. The van der Waals surface area contributed by atoms with E-state index in [4.69, 9.17) is 11.6 Å². The molecule has 1 saturated heterocycles. The second kappa shape index (κ2) is 8.65. The molecule has 0 spiro atoms. The summed E-state index contributed by atoms with van der Waals surface area (Å²) in [4.78, 5) is 54.3. The van der Waals surface area contributed by atoms with Gasteiger partial charge in [0.1, 0.15) is 11.8 Å². The van der Waals surface area contributed by atoms with Crippen molar-refractivity contribution in [2.24, 2.45) is 5.92 Å². The van der Waals surface area contributed by atoms with Crippen LogP contribution in [0.4, 0.5) is 11.4 Å². The molecule has 35 heavy (non-hydrogen) atoms. The van der Waals surface area contributed by atoms with E-state index < -0.39 is 16.6 Å². The summed E-state index contributed by atoms with van der Waals surface area (Å²) in [6.07, 6.45) is 0. The number of aryl methyl sites for hydroxylation is 1. The number of amides is 3. The molecular weight excluding hydrogens is 506 g/mol. The number of rotatable bonds is 4. The third kappa shape index (κ3) is 4.01. The summed E-state index contributed by atoms with van der Waals surface area (Å²) in [7, 11) is 0. The van der Waals surface area contributed by atoms with Gasteiger partial charge in [0.15, 0.2) is 0 Å². The largest absolute Gasteiger partial charge is 0.325 e. The second-order valence-corrected chi connectivity index (χ2v) is 11.8. The predicted octanol–water partition coefficient (Wildman–Crippen LogP) is 4.45. The molecular formula is C25H22ClN3O4S2. The van der Waals surface area contributed by atoms with E-state index in [1.807, 2.05) is 39.0 Å². The van der Waals surface area contributed by atoms with Gasteiger partial charge in [0.25, 0.3) is 0 Å². The van der Waals surface area contributed by atoms with E-state index in [2.05, 4.69) is 5.32 Å². The van der Waals surface area contributed by atoms with Crippen LogP contribution in [0.5, 0.6) is 0 Å². The topological polar surface area (TPSA) is 88.5 Å². The van der Waals surface area contributed by atoms with Crippen LogP contribution in [0.15, 0.2) is 58.4 Å². The molecule has 2 aliphatic heterocycles. The first kappa shape index (κ1) is 23.8. The maximum absolute atomic E-state index is 13.5. The van der Waals surface area contributed by atoms with Gasteiger partial charge in [0.05, 0.1) is 16.6 Å². The van der Waals surface area contributed by atoms with Crippen LogP contribution < -0.4 is 15.1 Å². The first-order valence-corrected chi connectivity index (χ1v) is 13.1. The first-order valence-electron chi connectivity index (χ1n) is 11.0. The highest BCUT2D eigenvalue weighted by atomic mass is 35.5. The molecule has 5 rings (SSSR count). The molecule has 2 aliphatic rings. The molecule has 0 saturated carbocycles. The Morgan fingerprint density at radius 1 is 1.09 bits per heavy atom. The van der Waals surface area contributed by atoms with Gasteiger partial charge in [0.2, 0.25) is 17.7 Å². The second-order valence-electron chi connectivity index (χ2n) is 9.23. The Morgan fingerprint density at radius 3 is 2.49 bits per heavy atom. The Hall–Kier alpha value is -2.88. The van der Waals surface area contributed by atoms with Crippen molar-refractivity contribution >= 4 is 63.8 Å². The van der Waals surface area contributed by atoms with Crippen LogP contribution in [-0.4, -0.2) is 27.5 Å². The van der Waals surface area contributed by atoms with Crippen molar-refractivity contribution in [1.29, 1.82) is 0 Å². The molecule has 180 valence electrons. The highest BCUT2D eigenvalue weighted by Crippen LogP contribution is 2.54. The number of fused-ring (bicyclic) bond motifs is 2. The SMILES string of the molecule is Cc1cccc(NC(=O)Cn2c3c(sc2=O)C(C)(C)[C@H]2C(=O)N(c4ccc(Cl)cc4)C(=O)[C@H]2S3)c1. The van der Waals surface area contributed by atoms with Gasteiger partial charge in [-0.3, -0.25) is 23.7 Å². The Balaban J connectivity index is 1.47. The van der Waals surface area contributed by atoms with E-state index in [1.165, 1.54) is 21.2 Å². The van der Waals surface area contributed by atoms with E-state index >= 15 is 0 Å². The van der Waals surface area contributed by atoms with Gasteiger partial charge in [-0.2, -0.15) is 0 Å². The third-order valence-electron chi connectivity index (χ3n) is 6.39. The minimum atomic E-state index is -0.763. The molecule has 1 fully saturated rings. The van der Waals surface area contributed by atoms with Gasteiger partial charge >= 0.3 is 4.87 Å². The third-order valence-corrected chi connectivity index (χ3v) is 9.47. The standard InChI is InChI=1S/C25H22ClN3O4S2/c1-13-5-4-6-15(11-13)27-17(30)12-28-23-20(35-24(28)33)25(2,3)18-19(34-23)22(32)29(21(18)31)16-9-7-14(26)8-10-16/h4-11,18-19H,12H2,1-3H3,(H,27,30)/t18-,19+/m1/s1. The first-order chi connectivity index (χ1) is 16.6. The molecule has 0 aliphatic carbocycles. The number of hydrogen-bond acceptors (Lipinski definition) is 6. The number of nitrogens with zero attached hydrogens (tertiary/aromatic N) is 2. The van der Waals surface area contributed by atoms with Crippen LogP contribution in [-0.2, 0) is 26.3 Å². The van der Waals surface area contributed by atoms with Crippen LogP contribution in [0.2, 0.25) is 5.02 Å². The average Bonchev–Trinajstić information content (AvgIpc) is 3.24. The van der Waals surface area contributed by atoms with E-state index in [0.717, 1.165) is 21.8 Å². The van der Waals surface area contributed by atoms with E-state index in [1.54, 1.807) is 30.3 Å². The molecule has 3 amide bonds. The maximum Gasteiger partial charge on any atom is 0.308 e. The fraction of sp³-hybridized carbons (Fsp3) is 0.280. The molecule has 2 aromatic carbocycles. The number of aromatic nitrogens is 1. The summed E-state index contributed by atoms with van der Waals surface area (Å²) < 4.78 is 1.41. The molecule has 0 unspecified atom stereocenters. The van der Waals surface area contributed by atoms with Crippen molar-refractivity contribution < 1.29 is 14.4 Å². The molecule has 3 aromatic rings. The van der Waals surface area contributed by atoms with Crippen LogP contribution in [0, 0.1) is 12.8 Å². The zero-order chi connectivity index (χ0) is 25.1. The smallest absolute Gasteiger partial charge is 0.308 e. The maximum atomic E-state index is 13.5. The zero-order valence-corrected chi connectivity index (χ0v) is 21.6. The van der Waals surface area contributed by atoms with Crippen molar-refractivity contribution in [3.05, 3.63) is 73.7 Å². The Bertz CT molecular complexity index is 1430. The van der Waals surface area contributed by atoms with Crippen molar-refractivity contribution in [3.63, 3.8) is 0 Å². The molecule has 1 aromatic heterocycles. The van der Waals surface area contributed by atoms with Gasteiger partial charge in [-0.1, -0.05) is 60.7 Å². The van der Waals surface area contributed by atoms with Crippen LogP contribution in [0.25, 0.3) is 0 Å². The average molecular weight is 528 g/mol. The fourth-order valence-corrected chi connectivity index (χ4v) is 7.84. The van der Waals surface area contributed by atoms with Crippen LogP contribution in [0.3, 0.4) is 0 Å². The van der Waals surface area contributed by atoms with Gasteiger partial charge in [-0.05, 0) is 48.9 Å². The zero-order valence-electron chi connectivity index (χ0n) is 19.2. The number of halogens is 1. The number of carbonyl (C=O) groups excluding carboxylic acids is 3. The number of carbonyl (C=O) groups is 3. The van der Waals surface area contributed by atoms with E-state index in [-0.39, 0.29) is 29.1 Å². The lowest BCUT2D eigenvalue weighted by atomic mass is 9.76. The number of thioether (sulfide) groups is 1. The van der Waals surface area contributed by atoms with Gasteiger partial charge < -0.3 is 5.32 Å². The molecule has 3 heterocycles. The summed E-state index contributed by atoms with van der Waals surface area (Å²) in [5, 5.41) is 3.22. The lowest BCUT2D eigenvalue weighted by molar-refractivity contribution is -0.123. The van der Waals surface area contributed by atoms with Crippen LogP contribution >= 0.6 is 34.7 Å². The molecule has 0 bridgehead atoms. The lowest BCUT2D eigenvalue weighted by Crippen LogP contribution is -2.41. The summed E-state index contributed by atoms with van der Waals surface area (Å²) in [6.45, 7) is 5.51. The Morgan fingerprint density at radius 2 is 1.80 bits per heavy atom. The number of anilines is 2. The Kier molecular flexibility index (Phi) is 5.89. The van der Waals surface area contributed by atoms with Gasteiger partial charge in [-0.15, -0.1) is 0 Å². The minimum Gasteiger partial charge on any atom is -0.325 e. The van der Waals surface area contributed by atoms with Crippen molar-refractivity contribution in [2.45, 2.75) is 43.0 Å². The summed E-state index contributed by atoms with van der Waals surface area (Å²) in [5.74, 6) is -1.60. The number of thiazole rings is 1. The number of benzene rings is 2. The van der Waals surface area contributed by atoms with Gasteiger partial charge in [0, 0.05) is 21.0 Å². The summed E-state index contributed by atoms with van der Waals surface area (Å²) >= 11 is 8.21. The van der Waals surface area contributed by atoms with Crippen molar-refractivity contribution in [2.75, 3.05) is 10.2 Å². The minimum absolute atomic E-state index is 0.178. The monoisotopic (exact) mass is 527 g/mol. The quantitative estimate of drug-likeness (QED) is 0.506. The van der Waals surface area contributed by atoms with Gasteiger partial charge in [-0.25, -0.2) is 4.90 Å². The Labute approximate surface area is 215 Å². The lowest BCUT2D eigenvalue weighted by Gasteiger charge is -2.36. The number of hydrogen-bond donors (Lipinski definition) is 1. The van der Waals surface area contributed by atoms with Crippen molar-refractivity contribution in [3.8, 4) is 0 Å². The highest BCUT2D eigenvalue weighted by Gasteiger charge is 2.59. The highest BCUT2D eigenvalue weighted by molar-refractivity contribution is 8.00. The number of imide groups is 1. The summed E-state index contributed by atoms with van der Waals surface area (Å²) in [5.41, 5.74) is 1.36. The van der Waals surface area contributed by atoms with Crippen LogP contribution in [0.1, 0.15) is 24.3 Å². The van der Waals surface area contributed by atoms with Crippen molar-refractivity contribution in [1.82, 2.24) is 4.57 Å². The molecule has 2 atom stereocenters. The molecule has 1 N–H and O–H groups in total. The molecule has 7 nitrogen and oxygen atoms in total. The summed E-state index contributed by atoms with van der Waals surface area (Å²) in [6, 6.07) is 14.0. The predicted molar refractivity (Wildman–Crippen MR) is 138 cm³/mol. The molecule has 10 heteroatoms. The fourth-order valence-electron chi connectivity index (χ4n) is 4.68. The number of nitrogens with one attached hydrogen (secondary N) is 1. The van der Waals surface area contributed by atoms with E-state index in [0.29, 0.717) is 21.4 Å².